The second kappa shape index (κ2) is 22.3. The van der Waals surface area contributed by atoms with Crippen molar-refractivity contribution in [1.82, 2.24) is 14.1 Å². The lowest BCUT2D eigenvalue weighted by atomic mass is 9.89. The van der Waals surface area contributed by atoms with E-state index >= 15 is 0 Å². The molecule has 0 unspecified atom stereocenters. The van der Waals surface area contributed by atoms with E-state index in [9.17, 15) is 10.5 Å². The van der Waals surface area contributed by atoms with Crippen molar-refractivity contribution in [2.75, 3.05) is 0 Å². The van der Waals surface area contributed by atoms with Crippen molar-refractivity contribution in [3.8, 4) is 90.3 Å². The Morgan fingerprint density at radius 2 is 0.520 bits per heavy atom. The summed E-state index contributed by atoms with van der Waals surface area (Å²) in [7, 11) is 0. The van der Waals surface area contributed by atoms with Crippen LogP contribution >= 0.6 is 0 Å². The maximum absolute atomic E-state index is 9.97. The molecule has 0 bridgehead atoms. The van der Waals surface area contributed by atoms with Crippen molar-refractivity contribution in [1.29, 1.82) is 10.5 Å². The molecule has 0 aliphatic carbocycles. The van der Waals surface area contributed by atoms with E-state index in [0.29, 0.717) is 11.1 Å². The monoisotopic (exact) mass is 1290 g/mol. The number of aromatic nitrogens is 3. The molecule has 3 aromatic heterocycles. The number of hydrogen-bond acceptors (Lipinski definition) is 3. The average Bonchev–Trinajstić information content (AvgIpc) is 1.53. The van der Waals surface area contributed by atoms with Gasteiger partial charge in [0.1, 0.15) is 0 Å². The van der Waals surface area contributed by atoms with Crippen LogP contribution in [0.4, 0.5) is 0 Å². The average molecular weight is 1290 g/mol. The standard InChI is InChI=1S/C49H28N2.C48H27N3/c50-29-37-19-23-44-48-42(37)20-21-43-41(22-24-45(49(43)48)51(44)40-9-5-2-6-10-40)32-13-11-31(12-14-32)39-27-35-17-15-33-25-38(30-7-3-1-4-8-30)26-34-16-18-36(28-39)47(35)46(33)34;49-27-35-16-20-43-47-41(35)17-18-42-40(19-21-44(48(42)47)51(43)39-6-2-1-3-7-39)30-10-8-29(9-11-30)37-23-31-12-14-33-25-38(36-5-4-22-50-28-36)26-34-15-13-32(24-37)45(31)46(33)34/h1-28H;1-26,28H. The normalized spacial score (nSPS) is 11.9. The predicted molar refractivity (Wildman–Crippen MR) is 426 cm³/mol. The predicted octanol–water partition coefficient (Wildman–Crippen LogP) is 25.7. The van der Waals surface area contributed by atoms with E-state index < -0.39 is 0 Å². The number of para-hydroxylation sites is 2. The molecule has 468 valence electrons. The molecule has 0 spiro atoms. The van der Waals surface area contributed by atoms with Gasteiger partial charge in [0.05, 0.1) is 45.3 Å². The lowest BCUT2D eigenvalue weighted by Crippen LogP contribution is -1.93. The molecule has 3 heterocycles. The molecule has 0 N–H and O–H groups in total. The number of nitriles is 2. The van der Waals surface area contributed by atoms with Crippen molar-refractivity contribution >= 4 is 130 Å². The Balaban J connectivity index is 0.000000133. The Kier molecular flexibility index (Phi) is 12.5. The fourth-order valence-electron chi connectivity index (χ4n) is 17.1. The van der Waals surface area contributed by atoms with Gasteiger partial charge in [-0.1, -0.05) is 206 Å². The van der Waals surface area contributed by atoms with Gasteiger partial charge in [-0.3, -0.25) is 4.98 Å². The smallest absolute Gasteiger partial charge is 0.0998 e. The Hall–Kier alpha value is -14.0. The van der Waals surface area contributed by atoms with Gasteiger partial charge in [0, 0.05) is 61.6 Å². The van der Waals surface area contributed by atoms with Crippen molar-refractivity contribution in [3.63, 3.8) is 0 Å². The first-order chi connectivity index (χ1) is 50.5. The number of benzene rings is 19. The molecule has 5 nitrogen and oxygen atoms in total. The van der Waals surface area contributed by atoms with E-state index in [4.69, 9.17) is 0 Å². The molecule has 0 aliphatic rings. The van der Waals surface area contributed by atoms with Gasteiger partial charge < -0.3 is 9.13 Å². The molecule has 22 aromatic rings. The minimum atomic E-state index is 0.703. The zero-order valence-corrected chi connectivity index (χ0v) is 55.0. The molecule has 102 heavy (non-hydrogen) atoms. The molecular weight excluding hydrogens is 1240 g/mol. The van der Waals surface area contributed by atoms with Gasteiger partial charge in [-0.2, -0.15) is 10.5 Å². The summed E-state index contributed by atoms with van der Waals surface area (Å²) in [4.78, 5) is 4.34. The van der Waals surface area contributed by atoms with Crippen LogP contribution in [-0.2, 0) is 0 Å². The minimum absolute atomic E-state index is 0.703. The van der Waals surface area contributed by atoms with Crippen LogP contribution in [0.25, 0.3) is 208 Å². The molecule has 0 saturated heterocycles. The molecule has 0 radical (unpaired) electrons. The summed E-state index contributed by atoms with van der Waals surface area (Å²) in [6.45, 7) is 0. The summed E-state index contributed by atoms with van der Waals surface area (Å²) >= 11 is 0. The van der Waals surface area contributed by atoms with Crippen LogP contribution in [0, 0.1) is 22.7 Å². The summed E-state index contributed by atoms with van der Waals surface area (Å²) in [5.74, 6) is 0. The summed E-state index contributed by atoms with van der Waals surface area (Å²) in [6.07, 6.45) is 3.75. The highest BCUT2D eigenvalue weighted by Crippen LogP contribution is 2.48. The van der Waals surface area contributed by atoms with Crippen LogP contribution in [-0.4, -0.2) is 14.1 Å². The van der Waals surface area contributed by atoms with Gasteiger partial charge in [-0.05, 0) is 252 Å². The highest BCUT2D eigenvalue weighted by atomic mass is 15.0. The molecule has 0 saturated carbocycles. The van der Waals surface area contributed by atoms with Crippen LogP contribution in [0.5, 0.6) is 0 Å². The van der Waals surface area contributed by atoms with Crippen molar-refractivity contribution < 1.29 is 0 Å². The fourth-order valence-corrected chi connectivity index (χ4v) is 17.1. The van der Waals surface area contributed by atoms with Gasteiger partial charge >= 0.3 is 0 Å². The van der Waals surface area contributed by atoms with Gasteiger partial charge in [-0.25, -0.2) is 0 Å². The molecule has 5 heteroatoms. The molecule has 19 aromatic carbocycles. The first-order valence-electron chi connectivity index (χ1n) is 34.6. The highest BCUT2D eigenvalue weighted by molar-refractivity contribution is 6.30. The van der Waals surface area contributed by atoms with E-state index in [1.165, 1.54) is 147 Å². The maximum atomic E-state index is 9.97. The first-order valence-corrected chi connectivity index (χ1v) is 34.6. The third kappa shape index (κ3) is 8.66. The molecule has 22 rings (SSSR count). The summed E-state index contributed by atoms with van der Waals surface area (Å²) in [5.41, 5.74) is 22.5. The largest absolute Gasteiger partial charge is 0.309 e. The molecular formula is C97H55N5. The van der Waals surface area contributed by atoms with E-state index in [1.807, 2.05) is 42.7 Å². The van der Waals surface area contributed by atoms with Gasteiger partial charge in [0.25, 0.3) is 0 Å². The molecule has 0 aliphatic heterocycles. The fraction of sp³-hybridized carbons (Fsp3) is 0. The van der Waals surface area contributed by atoms with Crippen molar-refractivity contribution in [2.24, 2.45) is 0 Å². The Bertz CT molecular complexity index is 6630. The van der Waals surface area contributed by atoms with E-state index in [2.05, 4.69) is 317 Å². The van der Waals surface area contributed by atoms with E-state index in [-0.39, 0.29) is 0 Å². The highest BCUT2D eigenvalue weighted by Gasteiger charge is 2.24. The van der Waals surface area contributed by atoms with Crippen LogP contribution in [0.1, 0.15) is 11.1 Å². The first kappa shape index (κ1) is 57.1. The summed E-state index contributed by atoms with van der Waals surface area (Å²) < 4.78 is 4.65. The lowest BCUT2D eigenvalue weighted by Gasteiger charge is -2.15. The number of nitrogens with zero attached hydrogens (tertiary/aromatic N) is 5. The quantitative estimate of drug-likeness (QED) is 0.142. The van der Waals surface area contributed by atoms with E-state index in [1.54, 1.807) is 0 Å². The molecule has 0 fully saturated rings. The topological polar surface area (TPSA) is 70.3 Å². The van der Waals surface area contributed by atoms with Crippen LogP contribution < -0.4 is 0 Å². The third-order valence-corrected chi connectivity index (χ3v) is 21.7. The molecule has 0 amide bonds. The Labute approximate surface area is 586 Å². The lowest BCUT2D eigenvalue weighted by molar-refractivity contribution is 1.18. The Morgan fingerprint density at radius 3 is 0.863 bits per heavy atom. The SMILES string of the molecule is N#Cc1ccc2c3c1ccc1c(-c4ccc(-c5cc6ccc7cc(-c8ccccc8)cc8ccc(c5)c6c78)cc4)ccc(c13)n2-c1ccccc1.N#Cc1ccc2c3c1ccc1c(-c4ccc(-c5cc6ccc7cc(-c8cccnc8)cc8ccc(c5)c6c78)cc4)ccc(c13)n2-c1ccccc1. The van der Waals surface area contributed by atoms with Crippen molar-refractivity contribution in [3.05, 3.63) is 345 Å². The van der Waals surface area contributed by atoms with Crippen molar-refractivity contribution in [2.45, 2.75) is 0 Å². The van der Waals surface area contributed by atoms with Crippen LogP contribution in [0.3, 0.4) is 0 Å². The van der Waals surface area contributed by atoms with Crippen LogP contribution in [0.15, 0.2) is 334 Å². The number of hydrogen-bond donors (Lipinski definition) is 0. The zero-order valence-electron chi connectivity index (χ0n) is 55.0. The number of rotatable bonds is 8. The Morgan fingerprint density at radius 1 is 0.225 bits per heavy atom. The maximum Gasteiger partial charge on any atom is 0.0998 e. The van der Waals surface area contributed by atoms with E-state index in [0.717, 1.165) is 60.5 Å². The number of pyridine rings is 1. The summed E-state index contributed by atoms with van der Waals surface area (Å²) in [6, 6.07) is 121. The zero-order chi connectivity index (χ0) is 67.3. The second-order valence-electron chi connectivity index (χ2n) is 27.1. The minimum Gasteiger partial charge on any atom is -0.309 e. The molecule has 0 atom stereocenters. The third-order valence-electron chi connectivity index (χ3n) is 21.7. The van der Waals surface area contributed by atoms with Gasteiger partial charge in [-0.15, -0.1) is 0 Å². The van der Waals surface area contributed by atoms with Gasteiger partial charge in [0.15, 0.2) is 0 Å². The van der Waals surface area contributed by atoms with Gasteiger partial charge in [0.2, 0.25) is 0 Å². The second-order valence-corrected chi connectivity index (χ2v) is 27.1. The van der Waals surface area contributed by atoms with Crippen LogP contribution in [0.2, 0.25) is 0 Å². The summed E-state index contributed by atoms with van der Waals surface area (Å²) in [5, 5.41) is 44.4.